The van der Waals surface area contributed by atoms with E-state index in [-0.39, 0.29) is 11.3 Å². The van der Waals surface area contributed by atoms with Crippen molar-refractivity contribution >= 4 is 29.5 Å². The Balaban J connectivity index is 1.92. The molecule has 3 N–H and O–H groups in total. The van der Waals surface area contributed by atoms with Crippen LogP contribution in [0.5, 0.6) is 0 Å². The van der Waals surface area contributed by atoms with Crippen molar-refractivity contribution in [1.82, 2.24) is 10.6 Å². The van der Waals surface area contributed by atoms with Crippen molar-refractivity contribution in [2.75, 3.05) is 12.4 Å². The highest BCUT2D eigenvalue weighted by atomic mass is 16.5. The van der Waals surface area contributed by atoms with Crippen molar-refractivity contribution in [3.8, 4) is 0 Å². The molecule has 26 heavy (non-hydrogen) atoms. The summed E-state index contributed by atoms with van der Waals surface area (Å²) >= 11 is 0. The zero-order valence-corrected chi connectivity index (χ0v) is 14.1. The fourth-order valence-electron chi connectivity index (χ4n) is 1.85. The highest BCUT2D eigenvalue weighted by Crippen LogP contribution is 2.13. The summed E-state index contributed by atoms with van der Waals surface area (Å²) < 4.78 is 9.97. The summed E-state index contributed by atoms with van der Waals surface area (Å²) in [6.45, 7) is 1.34. The number of benzene rings is 1. The molecule has 0 radical (unpaired) electrons. The van der Waals surface area contributed by atoms with E-state index in [0.29, 0.717) is 5.69 Å². The first kappa shape index (κ1) is 18.7. The number of imide groups is 1. The number of nitrogens with one attached hydrogen (secondary N) is 3. The van der Waals surface area contributed by atoms with Gasteiger partial charge in [0, 0.05) is 12.7 Å². The number of ether oxygens (including phenoxy) is 1. The molecule has 2 aromatic rings. The number of carbonyl (C=O) groups excluding carboxylic acids is 4. The van der Waals surface area contributed by atoms with Crippen molar-refractivity contribution in [1.29, 1.82) is 0 Å². The molecule has 0 aliphatic heterocycles. The third kappa shape index (κ3) is 4.94. The van der Waals surface area contributed by atoms with Crippen LogP contribution in [0.1, 0.15) is 27.8 Å². The number of furan rings is 1. The molecule has 0 aliphatic carbocycles. The summed E-state index contributed by atoms with van der Waals surface area (Å²) in [6.07, 6.45) is 0.230. The molecule has 0 bridgehead atoms. The predicted octanol–water partition coefficient (Wildman–Crippen LogP) is 1.53. The van der Waals surface area contributed by atoms with Gasteiger partial charge in [-0.1, -0.05) is 0 Å². The molecule has 0 unspecified atom stereocenters. The van der Waals surface area contributed by atoms with Gasteiger partial charge in [0.1, 0.15) is 0 Å². The van der Waals surface area contributed by atoms with E-state index >= 15 is 0 Å². The van der Waals surface area contributed by atoms with Crippen LogP contribution in [-0.4, -0.2) is 37.0 Å². The smallest absolute Gasteiger partial charge is 0.338 e. The number of urea groups is 1. The monoisotopic (exact) mass is 359 g/mol. The summed E-state index contributed by atoms with van der Waals surface area (Å²) in [5.41, 5.74) is 0.633. The highest BCUT2D eigenvalue weighted by Gasteiger charge is 2.20. The van der Waals surface area contributed by atoms with Crippen molar-refractivity contribution in [3.63, 3.8) is 0 Å². The summed E-state index contributed by atoms with van der Waals surface area (Å²) in [4.78, 5) is 46.6. The lowest BCUT2D eigenvalue weighted by Crippen LogP contribution is -2.43. The van der Waals surface area contributed by atoms with E-state index in [2.05, 4.69) is 10.6 Å². The number of hydrogen-bond acceptors (Lipinski definition) is 6. The molecule has 1 aromatic carbocycles. The quantitative estimate of drug-likeness (QED) is 0.695. The fraction of sp³-hybridized carbons (Fsp3) is 0.176. The Morgan fingerprint density at radius 1 is 1.08 bits per heavy atom. The van der Waals surface area contributed by atoms with Gasteiger partial charge >= 0.3 is 12.0 Å². The van der Waals surface area contributed by atoms with Gasteiger partial charge < -0.3 is 19.8 Å². The van der Waals surface area contributed by atoms with Gasteiger partial charge in [-0.15, -0.1) is 0 Å². The van der Waals surface area contributed by atoms with Gasteiger partial charge in [-0.2, -0.15) is 0 Å². The third-order valence-electron chi connectivity index (χ3n) is 3.24. The molecule has 0 spiro atoms. The largest absolute Gasteiger partial charge is 0.459 e. The number of rotatable bonds is 5. The van der Waals surface area contributed by atoms with E-state index in [0.717, 1.165) is 0 Å². The highest BCUT2D eigenvalue weighted by molar-refractivity contribution is 6.02. The van der Waals surface area contributed by atoms with E-state index in [4.69, 9.17) is 9.15 Å². The second-order valence-electron chi connectivity index (χ2n) is 5.12. The molecule has 1 heterocycles. The van der Waals surface area contributed by atoms with Gasteiger partial charge in [-0.25, -0.2) is 9.59 Å². The van der Waals surface area contributed by atoms with E-state index in [1.165, 1.54) is 50.6 Å². The first-order chi connectivity index (χ1) is 12.4. The lowest BCUT2D eigenvalue weighted by molar-refractivity contribution is -0.127. The molecular formula is C17H17N3O6. The van der Waals surface area contributed by atoms with Crippen LogP contribution in [0.25, 0.3) is 0 Å². The number of amides is 4. The molecule has 1 aromatic heterocycles. The van der Waals surface area contributed by atoms with Crippen molar-refractivity contribution in [2.45, 2.75) is 13.0 Å². The summed E-state index contributed by atoms with van der Waals surface area (Å²) in [7, 11) is 1.35. The number of esters is 1. The molecule has 136 valence electrons. The maximum Gasteiger partial charge on any atom is 0.338 e. The van der Waals surface area contributed by atoms with Gasteiger partial charge in [-0.05, 0) is 43.3 Å². The predicted molar refractivity (Wildman–Crippen MR) is 90.6 cm³/mol. The first-order valence-electron chi connectivity index (χ1n) is 7.59. The zero-order chi connectivity index (χ0) is 19.1. The lowest BCUT2D eigenvalue weighted by Gasteiger charge is -2.13. The van der Waals surface area contributed by atoms with Crippen molar-refractivity contribution in [3.05, 3.63) is 54.0 Å². The minimum absolute atomic E-state index is 0.157. The number of anilines is 1. The molecule has 9 heteroatoms. The topological polar surface area (TPSA) is 127 Å². The summed E-state index contributed by atoms with van der Waals surface area (Å²) in [5, 5.41) is 6.83. The van der Waals surface area contributed by atoms with Crippen LogP contribution in [0.3, 0.4) is 0 Å². The molecule has 0 aliphatic rings. The van der Waals surface area contributed by atoms with Crippen LogP contribution in [-0.2, 0) is 9.53 Å². The van der Waals surface area contributed by atoms with Gasteiger partial charge in [0.2, 0.25) is 0 Å². The summed E-state index contributed by atoms with van der Waals surface area (Å²) in [6, 6.07) is 8.29. The maximum atomic E-state index is 12.0. The molecule has 0 saturated carbocycles. The van der Waals surface area contributed by atoms with Gasteiger partial charge in [0.25, 0.3) is 11.8 Å². The lowest BCUT2D eigenvalue weighted by atomic mass is 10.2. The Kier molecular flexibility index (Phi) is 6.10. The third-order valence-corrected chi connectivity index (χ3v) is 3.24. The Morgan fingerprint density at radius 2 is 1.77 bits per heavy atom. The van der Waals surface area contributed by atoms with E-state index < -0.39 is 29.9 Å². The van der Waals surface area contributed by atoms with E-state index in [1.807, 2.05) is 5.32 Å². The molecule has 4 amide bonds. The van der Waals surface area contributed by atoms with E-state index in [9.17, 15) is 19.2 Å². The van der Waals surface area contributed by atoms with Crippen LogP contribution in [0.2, 0.25) is 0 Å². The average Bonchev–Trinajstić information content (AvgIpc) is 3.16. The number of carbonyl (C=O) groups is 4. The number of hydrogen-bond donors (Lipinski definition) is 3. The SMILES string of the molecule is CNC(=O)NC(=O)[C@@H](C)OC(=O)c1ccc(NC(=O)c2ccco2)cc1. The normalized spacial score (nSPS) is 11.2. The molecule has 2 rings (SSSR count). The van der Waals surface area contributed by atoms with Crippen LogP contribution in [0.15, 0.2) is 47.1 Å². The zero-order valence-electron chi connectivity index (χ0n) is 14.1. The van der Waals surface area contributed by atoms with Crippen LogP contribution in [0.4, 0.5) is 10.5 Å². The molecule has 9 nitrogen and oxygen atoms in total. The van der Waals surface area contributed by atoms with Gasteiger partial charge in [0.05, 0.1) is 11.8 Å². The average molecular weight is 359 g/mol. The van der Waals surface area contributed by atoms with Crippen LogP contribution >= 0.6 is 0 Å². The Morgan fingerprint density at radius 3 is 2.35 bits per heavy atom. The maximum absolute atomic E-state index is 12.0. The fourth-order valence-corrected chi connectivity index (χ4v) is 1.85. The van der Waals surface area contributed by atoms with Crippen molar-refractivity contribution in [2.24, 2.45) is 0 Å². The molecule has 0 fully saturated rings. The Labute approximate surface area is 148 Å². The standard InChI is InChI=1S/C17H17N3O6/c1-10(14(21)20-17(24)18-2)26-16(23)11-5-7-12(8-6-11)19-15(22)13-4-3-9-25-13/h3-10H,1-2H3,(H,19,22)(H2,18,20,21,24)/t10-/m1/s1. The molecule has 0 saturated heterocycles. The Bertz CT molecular complexity index is 798. The molecular weight excluding hydrogens is 342 g/mol. The second-order valence-corrected chi connectivity index (χ2v) is 5.12. The van der Waals surface area contributed by atoms with Crippen LogP contribution < -0.4 is 16.0 Å². The summed E-state index contributed by atoms with van der Waals surface area (Å²) in [5.74, 6) is -1.76. The van der Waals surface area contributed by atoms with Crippen LogP contribution in [0, 0.1) is 0 Å². The van der Waals surface area contributed by atoms with Crippen molar-refractivity contribution < 1.29 is 28.3 Å². The van der Waals surface area contributed by atoms with Gasteiger partial charge in [-0.3, -0.25) is 14.9 Å². The minimum atomic E-state index is -1.15. The van der Waals surface area contributed by atoms with E-state index in [1.54, 1.807) is 6.07 Å². The van der Waals surface area contributed by atoms with Gasteiger partial charge in [0.15, 0.2) is 11.9 Å². The first-order valence-corrected chi connectivity index (χ1v) is 7.59. The minimum Gasteiger partial charge on any atom is -0.459 e. The molecule has 1 atom stereocenters. The second kappa shape index (κ2) is 8.47. The Hall–Kier alpha value is -3.62.